The number of hydrogen-bond acceptors (Lipinski definition) is 2. The zero-order chi connectivity index (χ0) is 13.4. The molecule has 0 spiro atoms. The Balaban J connectivity index is 1.84. The number of halogens is 1. The standard InChI is InChI=1S/C15H14BrNO2/c1-9-6-7-19-14(9)15(18)17-13-11-5-3-2-4-10(11)8-12(13)16/h2-7,12-13H,8H2,1H3,(H,17,18). The zero-order valence-corrected chi connectivity index (χ0v) is 12.1. The minimum absolute atomic E-state index is 0.00630. The van der Waals surface area contributed by atoms with Crippen molar-refractivity contribution in [3.05, 3.63) is 59.0 Å². The molecule has 0 bridgehead atoms. The maximum atomic E-state index is 12.2. The third kappa shape index (κ3) is 2.21. The number of hydrogen-bond donors (Lipinski definition) is 1. The Labute approximate surface area is 120 Å². The molecule has 1 aromatic carbocycles. The maximum Gasteiger partial charge on any atom is 0.287 e. The van der Waals surface area contributed by atoms with Gasteiger partial charge in [-0.15, -0.1) is 0 Å². The normalized spacial score (nSPS) is 21.2. The van der Waals surface area contributed by atoms with E-state index in [2.05, 4.69) is 33.4 Å². The van der Waals surface area contributed by atoms with Gasteiger partial charge in [0.05, 0.1) is 12.3 Å². The molecule has 0 saturated carbocycles. The van der Waals surface area contributed by atoms with Crippen molar-refractivity contribution in [3.8, 4) is 0 Å². The van der Waals surface area contributed by atoms with Crippen molar-refractivity contribution in [1.29, 1.82) is 0 Å². The predicted octanol–water partition coefficient (Wildman–Crippen LogP) is 3.38. The first-order valence-corrected chi connectivity index (χ1v) is 7.15. The summed E-state index contributed by atoms with van der Waals surface area (Å²) in [5.74, 6) is 0.234. The number of fused-ring (bicyclic) bond motifs is 1. The first-order valence-electron chi connectivity index (χ1n) is 6.23. The van der Waals surface area contributed by atoms with E-state index >= 15 is 0 Å². The first-order chi connectivity index (χ1) is 9.16. The van der Waals surface area contributed by atoms with Gasteiger partial charge in [-0.05, 0) is 30.5 Å². The van der Waals surface area contributed by atoms with Gasteiger partial charge in [0.2, 0.25) is 0 Å². The highest BCUT2D eigenvalue weighted by Crippen LogP contribution is 2.35. The molecule has 1 N–H and O–H groups in total. The summed E-state index contributed by atoms with van der Waals surface area (Å²) in [5, 5.41) is 3.05. The summed E-state index contributed by atoms with van der Waals surface area (Å²) < 4.78 is 5.23. The summed E-state index contributed by atoms with van der Waals surface area (Å²) in [6, 6.07) is 9.99. The summed E-state index contributed by atoms with van der Waals surface area (Å²) in [6.45, 7) is 1.87. The van der Waals surface area contributed by atoms with E-state index in [1.165, 1.54) is 11.1 Å². The maximum absolute atomic E-state index is 12.2. The summed E-state index contributed by atoms with van der Waals surface area (Å²) in [4.78, 5) is 12.4. The lowest BCUT2D eigenvalue weighted by atomic mass is 10.1. The molecule has 0 saturated heterocycles. The Morgan fingerprint density at radius 1 is 1.37 bits per heavy atom. The van der Waals surface area contributed by atoms with Crippen LogP contribution in [0.2, 0.25) is 0 Å². The van der Waals surface area contributed by atoms with Crippen LogP contribution in [-0.4, -0.2) is 10.7 Å². The van der Waals surface area contributed by atoms with Crippen LogP contribution in [0.15, 0.2) is 41.0 Å². The monoisotopic (exact) mass is 319 g/mol. The van der Waals surface area contributed by atoms with Gasteiger partial charge < -0.3 is 9.73 Å². The van der Waals surface area contributed by atoms with Gasteiger partial charge in [-0.3, -0.25) is 4.79 Å². The highest BCUT2D eigenvalue weighted by molar-refractivity contribution is 9.09. The topological polar surface area (TPSA) is 42.2 Å². The van der Waals surface area contributed by atoms with Gasteiger partial charge in [0.1, 0.15) is 0 Å². The van der Waals surface area contributed by atoms with Crippen LogP contribution in [0.25, 0.3) is 0 Å². The zero-order valence-electron chi connectivity index (χ0n) is 10.5. The molecule has 1 aliphatic rings. The van der Waals surface area contributed by atoms with E-state index in [1.807, 2.05) is 19.1 Å². The molecule has 1 aliphatic carbocycles. The van der Waals surface area contributed by atoms with Crippen LogP contribution in [0.4, 0.5) is 0 Å². The fourth-order valence-electron chi connectivity index (χ4n) is 2.53. The summed E-state index contributed by atoms with van der Waals surface area (Å²) in [6.07, 6.45) is 2.47. The molecule has 0 aliphatic heterocycles. The van der Waals surface area contributed by atoms with Gasteiger partial charge in [0.15, 0.2) is 5.76 Å². The molecule has 3 rings (SSSR count). The number of furan rings is 1. The second-order valence-corrected chi connectivity index (χ2v) is 5.98. The molecular formula is C15H14BrNO2. The van der Waals surface area contributed by atoms with Gasteiger partial charge in [-0.1, -0.05) is 40.2 Å². The smallest absolute Gasteiger partial charge is 0.287 e. The van der Waals surface area contributed by atoms with E-state index in [0.717, 1.165) is 12.0 Å². The molecule has 2 atom stereocenters. The lowest BCUT2D eigenvalue weighted by molar-refractivity contribution is 0.0909. The van der Waals surface area contributed by atoms with Crippen LogP contribution in [0.5, 0.6) is 0 Å². The van der Waals surface area contributed by atoms with Crippen LogP contribution >= 0.6 is 15.9 Å². The fourth-order valence-corrected chi connectivity index (χ4v) is 3.29. The number of benzene rings is 1. The molecule has 1 heterocycles. The summed E-state index contributed by atoms with van der Waals surface area (Å²) >= 11 is 3.65. The van der Waals surface area contributed by atoms with Crippen molar-refractivity contribution in [3.63, 3.8) is 0 Å². The van der Waals surface area contributed by atoms with Crippen LogP contribution in [0.3, 0.4) is 0 Å². The lowest BCUT2D eigenvalue weighted by Gasteiger charge is -2.17. The Hall–Kier alpha value is -1.55. The Bertz CT molecular complexity index is 620. The lowest BCUT2D eigenvalue weighted by Crippen LogP contribution is -2.31. The van der Waals surface area contributed by atoms with Crippen molar-refractivity contribution in [1.82, 2.24) is 5.32 Å². The highest BCUT2D eigenvalue weighted by atomic mass is 79.9. The van der Waals surface area contributed by atoms with Gasteiger partial charge in [0.25, 0.3) is 5.91 Å². The number of rotatable bonds is 2. The average Bonchev–Trinajstić information content (AvgIpc) is 2.94. The SMILES string of the molecule is Cc1ccoc1C(=O)NC1c2ccccc2CC1Br. The van der Waals surface area contributed by atoms with Gasteiger partial charge in [-0.2, -0.15) is 0 Å². The Morgan fingerprint density at radius 2 is 2.16 bits per heavy atom. The molecule has 0 radical (unpaired) electrons. The van der Waals surface area contributed by atoms with E-state index in [0.29, 0.717) is 5.76 Å². The number of aryl methyl sites for hydroxylation is 1. The number of alkyl halides is 1. The minimum atomic E-state index is -0.159. The Kier molecular flexibility index (Phi) is 3.19. The number of nitrogens with one attached hydrogen (secondary N) is 1. The van der Waals surface area contributed by atoms with Crippen molar-refractivity contribution in [2.24, 2.45) is 0 Å². The van der Waals surface area contributed by atoms with Crippen molar-refractivity contribution in [2.45, 2.75) is 24.2 Å². The summed E-state index contributed by atoms with van der Waals surface area (Å²) in [7, 11) is 0. The highest BCUT2D eigenvalue weighted by Gasteiger charge is 2.32. The quantitative estimate of drug-likeness (QED) is 0.862. The van der Waals surface area contributed by atoms with E-state index in [4.69, 9.17) is 4.42 Å². The van der Waals surface area contributed by atoms with Crippen molar-refractivity contribution < 1.29 is 9.21 Å². The molecular weight excluding hydrogens is 306 g/mol. The molecule has 98 valence electrons. The molecule has 3 nitrogen and oxygen atoms in total. The predicted molar refractivity (Wildman–Crippen MR) is 76.5 cm³/mol. The molecule has 19 heavy (non-hydrogen) atoms. The van der Waals surface area contributed by atoms with Crippen LogP contribution < -0.4 is 5.32 Å². The molecule has 1 aromatic heterocycles. The minimum Gasteiger partial charge on any atom is -0.459 e. The van der Waals surface area contributed by atoms with E-state index in [1.54, 1.807) is 12.3 Å². The fraction of sp³-hybridized carbons (Fsp3) is 0.267. The molecule has 2 aromatic rings. The average molecular weight is 320 g/mol. The van der Waals surface area contributed by atoms with Crippen LogP contribution in [-0.2, 0) is 6.42 Å². The molecule has 1 amide bonds. The third-order valence-electron chi connectivity index (χ3n) is 3.52. The third-order valence-corrected chi connectivity index (χ3v) is 4.37. The number of carbonyl (C=O) groups excluding carboxylic acids is 1. The second-order valence-electron chi connectivity index (χ2n) is 4.80. The second kappa shape index (κ2) is 4.85. The largest absolute Gasteiger partial charge is 0.459 e. The van der Waals surface area contributed by atoms with E-state index < -0.39 is 0 Å². The summed E-state index contributed by atoms with van der Waals surface area (Å²) in [5.41, 5.74) is 3.32. The van der Waals surface area contributed by atoms with Gasteiger partial charge in [-0.25, -0.2) is 0 Å². The molecule has 2 unspecified atom stereocenters. The number of amides is 1. The molecule has 4 heteroatoms. The first kappa shape index (κ1) is 12.5. The van der Waals surface area contributed by atoms with E-state index in [9.17, 15) is 4.79 Å². The van der Waals surface area contributed by atoms with Gasteiger partial charge in [0, 0.05) is 10.4 Å². The van der Waals surface area contributed by atoms with E-state index in [-0.39, 0.29) is 16.8 Å². The van der Waals surface area contributed by atoms with Gasteiger partial charge >= 0.3 is 0 Å². The molecule has 0 fully saturated rings. The number of carbonyl (C=O) groups is 1. The van der Waals surface area contributed by atoms with Crippen molar-refractivity contribution in [2.75, 3.05) is 0 Å². The van der Waals surface area contributed by atoms with Crippen molar-refractivity contribution >= 4 is 21.8 Å². The van der Waals surface area contributed by atoms with Crippen LogP contribution in [0, 0.1) is 6.92 Å². The Morgan fingerprint density at radius 3 is 2.89 bits per heavy atom. The van der Waals surface area contributed by atoms with Crippen LogP contribution in [0.1, 0.15) is 33.3 Å².